The Kier molecular flexibility index (Phi) is 5.67. The monoisotopic (exact) mass is 261 g/mol. The largest absolute Gasteiger partial charge is 0.493 e. The van der Waals surface area contributed by atoms with Crippen LogP contribution >= 0.6 is 0 Å². The minimum atomic E-state index is 0.798. The summed E-state index contributed by atoms with van der Waals surface area (Å²) in [5, 5.41) is 0. The standard InChI is InChI=1S/C16H25N2O/c1-3-13-19-16-8-6-5-7-15(16)14-18-11-9-17(4-2)10-12-18/h5-8H,2-4,9-14H2,1H3. The molecule has 0 spiro atoms. The van der Waals surface area contributed by atoms with E-state index in [9.17, 15) is 0 Å². The lowest BCUT2D eigenvalue weighted by molar-refractivity contribution is 0.135. The predicted octanol–water partition coefficient (Wildman–Crippen LogP) is 2.43. The SMILES string of the molecule is [CH2]CN1CCN(Cc2ccccc2OCCC)CC1. The number of hydrogen-bond acceptors (Lipinski definition) is 3. The quantitative estimate of drug-likeness (QED) is 0.782. The van der Waals surface area contributed by atoms with E-state index in [0.717, 1.165) is 58.0 Å². The number of rotatable bonds is 6. The number of benzene rings is 1. The van der Waals surface area contributed by atoms with Gasteiger partial charge in [-0.1, -0.05) is 25.1 Å². The van der Waals surface area contributed by atoms with E-state index >= 15 is 0 Å². The van der Waals surface area contributed by atoms with Crippen molar-refractivity contribution in [2.45, 2.75) is 19.9 Å². The summed E-state index contributed by atoms with van der Waals surface area (Å²) >= 11 is 0. The molecule has 0 amide bonds. The Bertz CT molecular complexity index is 373. The van der Waals surface area contributed by atoms with Gasteiger partial charge in [-0.15, -0.1) is 0 Å². The van der Waals surface area contributed by atoms with Crippen molar-refractivity contribution < 1.29 is 4.74 Å². The molecule has 105 valence electrons. The fraction of sp³-hybridized carbons (Fsp3) is 0.562. The third kappa shape index (κ3) is 4.22. The van der Waals surface area contributed by atoms with E-state index in [4.69, 9.17) is 4.74 Å². The lowest BCUT2D eigenvalue weighted by Gasteiger charge is -2.34. The molecule has 1 saturated heterocycles. The Labute approximate surface area is 117 Å². The highest BCUT2D eigenvalue weighted by Crippen LogP contribution is 2.20. The summed E-state index contributed by atoms with van der Waals surface area (Å²) in [6.07, 6.45) is 1.05. The molecule has 3 heteroatoms. The minimum Gasteiger partial charge on any atom is -0.493 e. The van der Waals surface area contributed by atoms with Crippen molar-refractivity contribution in [1.82, 2.24) is 9.80 Å². The Morgan fingerprint density at radius 3 is 2.47 bits per heavy atom. The number of ether oxygens (including phenoxy) is 1. The average molecular weight is 261 g/mol. The number of piperazine rings is 1. The highest BCUT2D eigenvalue weighted by molar-refractivity contribution is 5.33. The van der Waals surface area contributed by atoms with Crippen molar-refractivity contribution in [2.24, 2.45) is 0 Å². The van der Waals surface area contributed by atoms with E-state index in [0.29, 0.717) is 0 Å². The van der Waals surface area contributed by atoms with E-state index in [1.165, 1.54) is 5.56 Å². The third-order valence-electron chi connectivity index (χ3n) is 3.61. The van der Waals surface area contributed by atoms with Gasteiger partial charge in [-0.2, -0.15) is 0 Å². The summed E-state index contributed by atoms with van der Waals surface area (Å²) in [5.41, 5.74) is 1.30. The summed E-state index contributed by atoms with van der Waals surface area (Å²) in [4.78, 5) is 4.90. The first-order chi connectivity index (χ1) is 9.33. The molecule has 1 aliphatic rings. The van der Waals surface area contributed by atoms with E-state index in [-0.39, 0.29) is 0 Å². The minimum absolute atomic E-state index is 0.798. The summed E-state index contributed by atoms with van der Waals surface area (Å²) in [6.45, 7) is 13.3. The van der Waals surface area contributed by atoms with Crippen LogP contribution in [0.4, 0.5) is 0 Å². The van der Waals surface area contributed by atoms with Gasteiger partial charge in [0, 0.05) is 38.3 Å². The molecule has 0 N–H and O–H groups in total. The molecule has 1 fully saturated rings. The average Bonchev–Trinajstić information content (AvgIpc) is 2.47. The first-order valence-electron chi connectivity index (χ1n) is 7.28. The highest BCUT2D eigenvalue weighted by atomic mass is 16.5. The first kappa shape index (κ1) is 14.4. The van der Waals surface area contributed by atoms with Crippen molar-refractivity contribution in [2.75, 3.05) is 39.3 Å². The molecule has 0 saturated carbocycles. The molecule has 3 nitrogen and oxygen atoms in total. The van der Waals surface area contributed by atoms with Crippen molar-refractivity contribution in [1.29, 1.82) is 0 Å². The van der Waals surface area contributed by atoms with Crippen LogP contribution in [0.2, 0.25) is 0 Å². The molecule has 0 aliphatic carbocycles. The van der Waals surface area contributed by atoms with Gasteiger partial charge in [0.15, 0.2) is 0 Å². The second-order valence-electron chi connectivity index (χ2n) is 5.07. The van der Waals surface area contributed by atoms with E-state index in [2.05, 4.69) is 47.9 Å². The van der Waals surface area contributed by atoms with Gasteiger partial charge in [-0.05, 0) is 26.0 Å². The van der Waals surface area contributed by atoms with Crippen LogP contribution in [-0.4, -0.2) is 49.1 Å². The second-order valence-corrected chi connectivity index (χ2v) is 5.07. The molecule has 1 aliphatic heterocycles. The van der Waals surface area contributed by atoms with Crippen LogP contribution < -0.4 is 4.74 Å². The smallest absolute Gasteiger partial charge is 0.123 e. The van der Waals surface area contributed by atoms with Crippen LogP contribution in [0.5, 0.6) is 5.75 Å². The summed E-state index contributed by atoms with van der Waals surface area (Å²) in [7, 11) is 0. The van der Waals surface area contributed by atoms with Crippen LogP contribution in [0.1, 0.15) is 18.9 Å². The molecule has 0 bridgehead atoms. The van der Waals surface area contributed by atoms with Gasteiger partial charge >= 0.3 is 0 Å². The fourth-order valence-electron chi connectivity index (χ4n) is 2.40. The molecule has 19 heavy (non-hydrogen) atoms. The molecular formula is C16H25N2O. The van der Waals surface area contributed by atoms with Gasteiger partial charge in [-0.3, -0.25) is 4.90 Å². The molecule has 1 radical (unpaired) electrons. The van der Waals surface area contributed by atoms with E-state index in [1.807, 2.05) is 0 Å². The van der Waals surface area contributed by atoms with Gasteiger partial charge in [0.2, 0.25) is 0 Å². The van der Waals surface area contributed by atoms with Crippen LogP contribution in [0.15, 0.2) is 24.3 Å². The molecule has 1 aromatic rings. The van der Waals surface area contributed by atoms with E-state index < -0.39 is 0 Å². The van der Waals surface area contributed by atoms with Crippen LogP contribution in [0.3, 0.4) is 0 Å². The third-order valence-corrected chi connectivity index (χ3v) is 3.61. The van der Waals surface area contributed by atoms with Gasteiger partial charge in [-0.25, -0.2) is 0 Å². The lowest BCUT2D eigenvalue weighted by Crippen LogP contribution is -2.45. The first-order valence-corrected chi connectivity index (χ1v) is 7.28. The molecule has 0 atom stereocenters. The summed E-state index contributed by atoms with van der Waals surface area (Å²) in [5.74, 6) is 1.05. The zero-order valence-electron chi connectivity index (χ0n) is 12.0. The second kappa shape index (κ2) is 7.51. The maximum absolute atomic E-state index is 5.82. The van der Waals surface area contributed by atoms with Crippen molar-refractivity contribution in [3.8, 4) is 5.75 Å². The number of nitrogens with zero attached hydrogens (tertiary/aromatic N) is 2. The van der Waals surface area contributed by atoms with Crippen LogP contribution in [-0.2, 0) is 6.54 Å². The summed E-state index contributed by atoms with van der Waals surface area (Å²) in [6, 6.07) is 8.41. The predicted molar refractivity (Wildman–Crippen MR) is 79.3 cm³/mol. The van der Waals surface area contributed by atoms with Gasteiger partial charge < -0.3 is 9.64 Å². The Morgan fingerprint density at radius 2 is 1.79 bits per heavy atom. The maximum atomic E-state index is 5.82. The zero-order chi connectivity index (χ0) is 13.5. The Hall–Kier alpha value is -1.06. The van der Waals surface area contributed by atoms with Gasteiger partial charge in [0.1, 0.15) is 5.75 Å². The summed E-state index contributed by atoms with van der Waals surface area (Å²) < 4.78 is 5.82. The number of para-hydroxylation sites is 1. The molecule has 2 rings (SSSR count). The van der Waals surface area contributed by atoms with Crippen molar-refractivity contribution >= 4 is 0 Å². The van der Waals surface area contributed by atoms with Crippen molar-refractivity contribution in [3.05, 3.63) is 36.8 Å². The Balaban J connectivity index is 1.91. The Morgan fingerprint density at radius 1 is 1.11 bits per heavy atom. The maximum Gasteiger partial charge on any atom is 0.123 e. The molecule has 1 heterocycles. The fourth-order valence-corrected chi connectivity index (χ4v) is 2.40. The molecular weight excluding hydrogens is 236 g/mol. The normalized spacial score (nSPS) is 17.6. The lowest BCUT2D eigenvalue weighted by atomic mass is 10.1. The topological polar surface area (TPSA) is 15.7 Å². The zero-order valence-corrected chi connectivity index (χ0v) is 12.0. The molecule has 1 aromatic carbocycles. The molecule has 0 unspecified atom stereocenters. The molecule has 0 aromatic heterocycles. The van der Waals surface area contributed by atoms with Crippen LogP contribution in [0, 0.1) is 6.92 Å². The highest BCUT2D eigenvalue weighted by Gasteiger charge is 2.16. The van der Waals surface area contributed by atoms with E-state index in [1.54, 1.807) is 0 Å². The number of hydrogen-bond donors (Lipinski definition) is 0. The van der Waals surface area contributed by atoms with Crippen LogP contribution in [0.25, 0.3) is 0 Å². The van der Waals surface area contributed by atoms with Crippen molar-refractivity contribution in [3.63, 3.8) is 0 Å². The van der Waals surface area contributed by atoms with Gasteiger partial charge in [0.25, 0.3) is 0 Å². The van der Waals surface area contributed by atoms with Gasteiger partial charge in [0.05, 0.1) is 6.61 Å².